The van der Waals surface area contributed by atoms with E-state index >= 15 is 0 Å². The van der Waals surface area contributed by atoms with E-state index in [1.807, 2.05) is 6.92 Å². The first-order valence-electron chi connectivity index (χ1n) is 9.34. The number of halogens is 3. The Kier molecular flexibility index (Phi) is 6.99. The first-order chi connectivity index (χ1) is 13.4. The van der Waals surface area contributed by atoms with Gasteiger partial charge in [0.15, 0.2) is 0 Å². The van der Waals surface area contributed by atoms with Gasteiger partial charge in [0.1, 0.15) is 11.6 Å². The third-order valence-electron chi connectivity index (χ3n) is 4.99. The average molecular weight is 408 g/mol. The quantitative estimate of drug-likeness (QED) is 0.794. The van der Waals surface area contributed by atoms with Crippen LogP contribution in [0.5, 0.6) is 0 Å². The fourth-order valence-electron chi connectivity index (χ4n) is 3.32. The van der Waals surface area contributed by atoms with Gasteiger partial charge in [-0.1, -0.05) is 29.8 Å². The second-order valence-corrected chi connectivity index (χ2v) is 7.54. The smallest absolute Gasteiger partial charge is 0.234 e. The lowest BCUT2D eigenvalue weighted by Gasteiger charge is -2.34. The van der Waals surface area contributed by atoms with E-state index in [1.54, 1.807) is 18.2 Å². The molecule has 0 bridgehead atoms. The third-order valence-corrected chi connectivity index (χ3v) is 5.34. The molecule has 28 heavy (non-hydrogen) atoms. The van der Waals surface area contributed by atoms with E-state index in [0.717, 1.165) is 37.3 Å². The van der Waals surface area contributed by atoms with Gasteiger partial charge in [-0.15, -0.1) is 0 Å². The largest absolute Gasteiger partial charge is 0.348 e. The summed E-state index contributed by atoms with van der Waals surface area (Å²) in [6, 6.07) is 10.4. The monoisotopic (exact) mass is 407 g/mol. The molecule has 0 saturated carbocycles. The van der Waals surface area contributed by atoms with Crippen LogP contribution in [0.4, 0.5) is 8.78 Å². The zero-order valence-electron chi connectivity index (χ0n) is 15.8. The Labute approximate surface area is 169 Å². The highest BCUT2D eigenvalue weighted by atomic mass is 35.5. The molecule has 1 aliphatic heterocycles. The van der Waals surface area contributed by atoms with Crippen LogP contribution in [0.15, 0.2) is 42.5 Å². The summed E-state index contributed by atoms with van der Waals surface area (Å²) in [4.78, 5) is 16.7. The molecule has 1 saturated heterocycles. The lowest BCUT2D eigenvalue weighted by Crippen LogP contribution is -2.49. The SMILES string of the molecule is CC(NC(=O)CN1CCN(Cc2ccc(F)cc2Cl)CC1)c1ccc(F)cc1. The predicted molar refractivity (Wildman–Crippen MR) is 106 cm³/mol. The Balaban J connectivity index is 1.43. The molecule has 4 nitrogen and oxygen atoms in total. The van der Waals surface area contributed by atoms with Crippen molar-refractivity contribution in [3.8, 4) is 0 Å². The average Bonchev–Trinajstić information content (AvgIpc) is 2.66. The van der Waals surface area contributed by atoms with E-state index in [0.29, 0.717) is 18.1 Å². The summed E-state index contributed by atoms with van der Waals surface area (Å²) in [6.45, 7) is 6.06. The van der Waals surface area contributed by atoms with Crippen LogP contribution in [0, 0.1) is 11.6 Å². The van der Waals surface area contributed by atoms with Gasteiger partial charge in [0.25, 0.3) is 0 Å². The molecule has 1 amide bonds. The van der Waals surface area contributed by atoms with Crippen molar-refractivity contribution in [2.75, 3.05) is 32.7 Å². The van der Waals surface area contributed by atoms with Gasteiger partial charge < -0.3 is 5.32 Å². The number of rotatable bonds is 6. The minimum atomic E-state index is -0.334. The Morgan fingerprint density at radius 1 is 1.04 bits per heavy atom. The van der Waals surface area contributed by atoms with Crippen molar-refractivity contribution < 1.29 is 13.6 Å². The first kappa shape index (κ1) is 20.7. The maximum absolute atomic E-state index is 13.2. The van der Waals surface area contributed by atoms with E-state index in [-0.39, 0.29) is 23.6 Å². The van der Waals surface area contributed by atoms with E-state index in [4.69, 9.17) is 11.6 Å². The molecule has 0 aliphatic carbocycles. The molecule has 1 unspecified atom stereocenters. The lowest BCUT2D eigenvalue weighted by molar-refractivity contribution is -0.123. The first-order valence-corrected chi connectivity index (χ1v) is 9.72. The number of benzene rings is 2. The van der Waals surface area contributed by atoms with Gasteiger partial charge in [-0.25, -0.2) is 8.78 Å². The van der Waals surface area contributed by atoms with E-state index in [2.05, 4.69) is 15.1 Å². The molecule has 150 valence electrons. The molecule has 0 aromatic heterocycles. The number of carbonyl (C=O) groups excluding carboxylic acids is 1. The fourth-order valence-corrected chi connectivity index (χ4v) is 3.55. The lowest BCUT2D eigenvalue weighted by atomic mass is 10.1. The minimum Gasteiger partial charge on any atom is -0.348 e. The summed E-state index contributed by atoms with van der Waals surface area (Å²) in [5.41, 5.74) is 1.78. The highest BCUT2D eigenvalue weighted by molar-refractivity contribution is 6.31. The summed E-state index contributed by atoms with van der Waals surface area (Å²) in [7, 11) is 0. The summed E-state index contributed by atoms with van der Waals surface area (Å²) in [6.07, 6.45) is 0. The van der Waals surface area contributed by atoms with Crippen LogP contribution in [0.1, 0.15) is 24.1 Å². The highest BCUT2D eigenvalue weighted by Crippen LogP contribution is 2.20. The van der Waals surface area contributed by atoms with Gasteiger partial charge in [-0.2, -0.15) is 0 Å². The van der Waals surface area contributed by atoms with Crippen molar-refractivity contribution in [3.05, 3.63) is 70.2 Å². The molecule has 2 aromatic rings. The van der Waals surface area contributed by atoms with Crippen LogP contribution in [0.25, 0.3) is 0 Å². The molecule has 2 aromatic carbocycles. The van der Waals surface area contributed by atoms with Crippen LogP contribution in [-0.2, 0) is 11.3 Å². The number of hydrogen-bond donors (Lipinski definition) is 1. The molecular weight excluding hydrogens is 384 g/mol. The molecule has 7 heteroatoms. The number of hydrogen-bond acceptors (Lipinski definition) is 3. The Morgan fingerprint density at radius 2 is 1.64 bits per heavy atom. The molecule has 1 atom stereocenters. The maximum atomic E-state index is 13.2. The van der Waals surface area contributed by atoms with E-state index in [9.17, 15) is 13.6 Å². The van der Waals surface area contributed by atoms with Gasteiger partial charge in [0.05, 0.1) is 12.6 Å². The number of nitrogens with one attached hydrogen (secondary N) is 1. The second kappa shape index (κ2) is 9.45. The molecular formula is C21H24ClF2N3O. The Morgan fingerprint density at radius 3 is 2.29 bits per heavy atom. The fraction of sp³-hybridized carbons (Fsp3) is 0.381. The molecule has 3 rings (SSSR count). The van der Waals surface area contributed by atoms with Crippen LogP contribution < -0.4 is 5.32 Å². The van der Waals surface area contributed by atoms with Gasteiger partial charge in [0, 0.05) is 37.7 Å². The number of piperazine rings is 1. The van der Waals surface area contributed by atoms with Crippen molar-refractivity contribution in [3.63, 3.8) is 0 Å². The van der Waals surface area contributed by atoms with Gasteiger partial charge in [-0.05, 0) is 42.3 Å². The van der Waals surface area contributed by atoms with E-state index < -0.39 is 0 Å². The zero-order chi connectivity index (χ0) is 20.1. The topological polar surface area (TPSA) is 35.6 Å². The normalized spacial score (nSPS) is 16.7. The molecule has 1 N–H and O–H groups in total. The van der Waals surface area contributed by atoms with Crippen LogP contribution >= 0.6 is 11.6 Å². The summed E-state index contributed by atoms with van der Waals surface area (Å²) in [5.74, 6) is -0.673. The van der Waals surface area contributed by atoms with Gasteiger partial charge in [0.2, 0.25) is 5.91 Å². The van der Waals surface area contributed by atoms with Crippen molar-refractivity contribution in [2.24, 2.45) is 0 Å². The molecule has 1 heterocycles. The molecule has 0 radical (unpaired) electrons. The van der Waals surface area contributed by atoms with Crippen LogP contribution in [-0.4, -0.2) is 48.4 Å². The summed E-state index contributed by atoms with van der Waals surface area (Å²) >= 11 is 6.10. The maximum Gasteiger partial charge on any atom is 0.234 e. The minimum absolute atomic E-state index is 0.0492. The van der Waals surface area contributed by atoms with E-state index in [1.165, 1.54) is 24.3 Å². The number of nitrogens with zero attached hydrogens (tertiary/aromatic N) is 2. The highest BCUT2D eigenvalue weighted by Gasteiger charge is 2.20. The Bertz CT molecular complexity index is 808. The molecule has 0 spiro atoms. The van der Waals surface area contributed by atoms with Crippen molar-refractivity contribution in [2.45, 2.75) is 19.5 Å². The number of amides is 1. The van der Waals surface area contributed by atoms with Crippen LogP contribution in [0.3, 0.4) is 0 Å². The number of carbonyl (C=O) groups is 1. The van der Waals surface area contributed by atoms with Crippen molar-refractivity contribution in [1.82, 2.24) is 15.1 Å². The predicted octanol–water partition coefficient (Wildman–Crippen LogP) is 3.61. The van der Waals surface area contributed by atoms with Crippen molar-refractivity contribution in [1.29, 1.82) is 0 Å². The molecule has 1 aliphatic rings. The zero-order valence-corrected chi connectivity index (χ0v) is 16.6. The van der Waals surface area contributed by atoms with Crippen LogP contribution in [0.2, 0.25) is 5.02 Å². The third kappa shape index (κ3) is 5.74. The second-order valence-electron chi connectivity index (χ2n) is 7.13. The summed E-state index contributed by atoms with van der Waals surface area (Å²) in [5, 5.41) is 3.40. The Hall–Kier alpha value is -2.02. The standard InChI is InChI=1S/C21H24ClF2N3O/c1-15(16-2-5-18(23)6-3-16)25-21(28)14-27-10-8-26(9-11-27)13-17-4-7-19(24)12-20(17)22/h2-7,12,15H,8-11,13-14H2,1H3,(H,25,28). The van der Waals surface area contributed by atoms with Crippen molar-refractivity contribution >= 4 is 17.5 Å². The molecule has 1 fully saturated rings. The van der Waals surface area contributed by atoms with Gasteiger partial charge in [-0.3, -0.25) is 14.6 Å². The van der Waals surface area contributed by atoms with Gasteiger partial charge >= 0.3 is 0 Å². The summed E-state index contributed by atoms with van der Waals surface area (Å²) < 4.78 is 26.2.